The van der Waals surface area contributed by atoms with Crippen molar-refractivity contribution >= 4 is 11.9 Å². The molecule has 1 aliphatic heterocycles. The lowest BCUT2D eigenvalue weighted by Crippen LogP contribution is -2.40. The van der Waals surface area contributed by atoms with Crippen molar-refractivity contribution in [2.24, 2.45) is 5.92 Å². The minimum atomic E-state index is -0.270. The molecule has 1 aromatic rings. The lowest BCUT2D eigenvalue weighted by molar-refractivity contribution is 0.0753. The maximum atomic E-state index is 12.4. The monoisotopic (exact) mass is 275 g/mol. The average molecular weight is 275 g/mol. The van der Waals surface area contributed by atoms with E-state index in [4.69, 9.17) is 4.74 Å². The van der Waals surface area contributed by atoms with E-state index in [0.29, 0.717) is 32.5 Å². The fraction of sp³-hybridized carbons (Fsp3) is 0.500. The van der Waals surface area contributed by atoms with E-state index in [-0.39, 0.29) is 17.8 Å². The van der Waals surface area contributed by atoms with Crippen molar-refractivity contribution in [1.82, 2.24) is 4.90 Å². The fourth-order valence-electron chi connectivity index (χ4n) is 2.49. The number of rotatable bonds is 3. The number of likely N-dealkylation sites (tertiary alicyclic amines) is 1. The van der Waals surface area contributed by atoms with Crippen LogP contribution in [0, 0.1) is 12.8 Å². The first-order chi connectivity index (χ1) is 9.61. The Labute approximate surface area is 119 Å². The molecule has 0 atom stereocenters. The minimum Gasteiger partial charge on any atom is -0.450 e. The van der Waals surface area contributed by atoms with Crippen molar-refractivity contribution in [2.75, 3.05) is 19.7 Å². The van der Waals surface area contributed by atoms with Gasteiger partial charge in [0.15, 0.2) is 5.78 Å². The van der Waals surface area contributed by atoms with E-state index in [1.807, 2.05) is 31.2 Å². The van der Waals surface area contributed by atoms with Gasteiger partial charge in [-0.2, -0.15) is 0 Å². The molecule has 20 heavy (non-hydrogen) atoms. The van der Waals surface area contributed by atoms with Gasteiger partial charge < -0.3 is 9.64 Å². The van der Waals surface area contributed by atoms with Crippen LogP contribution in [0.25, 0.3) is 0 Å². The number of amides is 1. The van der Waals surface area contributed by atoms with Crippen LogP contribution in [0.3, 0.4) is 0 Å². The molecule has 1 fully saturated rings. The molecule has 0 unspecified atom stereocenters. The molecule has 0 radical (unpaired) electrons. The van der Waals surface area contributed by atoms with Crippen molar-refractivity contribution in [3.63, 3.8) is 0 Å². The second-order valence-electron chi connectivity index (χ2n) is 5.19. The van der Waals surface area contributed by atoms with E-state index >= 15 is 0 Å². The van der Waals surface area contributed by atoms with Crippen LogP contribution in [0.2, 0.25) is 0 Å². The van der Waals surface area contributed by atoms with Crippen LogP contribution in [-0.2, 0) is 4.74 Å². The number of ether oxygens (including phenoxy) is 1. The second kappa shape index (κ2) is 6.55. The first-order valence-corrected chi connectivity index (χ1v) is 7.14. The highest BCUT2D eigenvalue weighted by molar-refractivity contribution is 5.98. The Bertz CT molecular complexity index is 473. The molecule has 4 nitrogen and oxygen atoms in total. The van der Waals surface area contributed by atoms with Gasteiger partial charge in [-0.15, -0.1) is 0 Å². The smallest absolute Gasteiger partial charge is 0.409 e. The molecule has 1 heterocycles. The zero-order valence-corrected chi connectivity index (χ0v) is 12.1. The lowest BCUT2D eigenvalue weighted by atomic mass is 9.89. The molecule has 0 saturated carbocycles. The summed E-state index contributed by atoms with van der Waals surface area (Å²) in [6.45, 7) is 5.39. The van der Waals surface area contributed by atoms with Crippen LogP contribution >= 0.6 is 0 Å². The molecule has 108 valence electrons. The van der Waals surface area contributed by atoms with Crippen LogP contribution in [0.5, 0.6) is 0 Å². The minimum absolute atomic E-state index is 0.0170. The average Bonchev–Trinajstić information content (AvgIpc) is 2.48. The van der Waals surface area contributed by atoms with Gasteiger partial charge in [0.25, 0.3) is 0 Å². The van der Waals surface area contributed by atoms with Gasteiger partial charge in [-0.05, 0) is 26.7 Å². The largest absolute Gasteiger partial charge is 0.450 e. The molecule has 0 spiro atoms. The van der Waals surface area contributed by atoms with Crippen LogP contribution in [0.15, 0.2) is 24.3 Å². The highest BCUT2D eigenvalue weighted by Crippen LogP contribution is 2.22. The SMILES string of the molecule is CCOC(=O)N1CCC(C(=O)c2ccc(C)cc2)CC1. The molecular weight excluding hydrogens is 254 g/mol. The maximum absolute atomic E-state index is 12.4. The number of Topliss-reactive ketones (excluding diaryl/α,β-unsaturated/α-hetero) is 1. The van der Waals surface area contributed by atoms with Crippen molar-refractivity contribution in [2.45, 2.75) is 26.7 Å². The van der Waals surface area contributed by atoms with E-state index in [9.17, 15) is 9.59 Å². The van der Waals surface area contributed by atoms with Gasteiger partial charge >= 0.3 is 6.09 Å². The lowest BCUT2D eigenvalue weighted by Gasteiger charge is -2.30. The predicted molar refractivity (Wildman–Crippen MR) is 76.8 cm³/mol. The number of piperidine rings is 1. The first-order valence-electron chi connectivity index (χ1n) is 7.14. The molecule has 1 amide bonds. The van der Waals surface area contributed by atoms with E-state index in [0.717, 1.165) is 11.1 Å². The van der Waals surface area contributed by atoms with Crippen molar-refractivity contribution in [1.29, 1.82) is 0 Å². The highest BCUT2D eigenvalue weighted by atomic mass is 16.6. The summed E-state index contributed by atoms with van der Waals surface area (Å²) >= 11 is 0. The number of benzene rings is 1. The number of nitrogens with zero attached hydrogens (tertiary/aromatic N) is 1. The molecular formula is C16H21NO3. The summed E-state index contributed by atoms with van der Waals surface area (Å²) in [4.78, 5) is 25.7. The Hall–Kier alpha value is -1.84. The molecule has 4 heteroatoms. The third kappa shape index (κ3) is 3.38. The Morgan fingerprint density at radius 2 is 1.80 bits per heavy atom. The van der Waals surface area contributed by atoms with Gasteiger partial charge in [-0.1, -0.05) is 29.8 Å². The van der Waals surface area contributed by atoms with Gasteiger partial charge in [-0.25, -0.2) is 4.79 Å². The Morgan fingerprint density at radius 1 is 1.20 bits per heavy atom. The van der Waals surface area contributed by atoms with E-state index in [1.165, 1.54) is 0 Å². The van der Waals surface area contributed by atoms with Gasteiger partial charge in [0, 0.05) is 24.6 Å². The van der Waals surface area contributed by atoms with Gasteiger partial charge in [-0.3, -0.25) is 4.79 Å². The normalized spacial score (nSPS) is 16.0. The molecule has 1 aliphatic rings. The van der Waals surface area contributed by atoms with Crippen LogP contribution in [0.4, 0.5) is 4.79 Å². The summed E-state index contributed by atoms with van der Waals surface area (Å²) in [5.41, 5.74) is 1.92. The molecule has 2 rings (SSSR count). The predicted octanol–water partition coefficient (Wildman–Crippen LogP) is 3.05. The molecule has 0 bridgehead atoms. The molecule has 1 aromatic carbocycles. The van der Waals surface area contributed by atoms with Gasteiger partial charge in [0.1, 0.15) is 0 Å². The third-order valence-corrected chi connectivity index (χ3v) is 3.73. The summed E-state index contributed by atoms with van der Waals surface area (Å²) in [7, 11) is 0. The summed E-state index contributed by atoms with van der Waals surface area (Å²) in [5, 5.41) is 0. The molecule has 0 aromatic heterocycles. The topological polar surface area (TPSA) is 46.6 Å². The quantitative estimate of drug-likeness (QED) is 0.796. The van der Waals surface area contributed by atoms with E-state index in [1.54, 1.807) is 11.8 Å². The number of ketones is 1. The van der Waals surface area contributed by atoms with Gasteiger partial charge in [0.05, 0.1) is 6.61 Å². The standard InChI is InChI=1S/C16H21NO3/c1-3-20-16(19)17-10-8-14(9-11-17)15(18)13-6-4-12(2)5-7-13/h4-7,14H,3,8-11H2,1-2H3. The zero-order chi connectivity index (χ0) is 14.5. The van der Waals surface area contributed by atoms with E-state index < -0.39 is 0 Å². The number of aryl methyl sites for hydroxylation is 1. The maximum Gasteiger partial charge on any atom is 0.409 e. The summed E-state index contributed by atoms with van der Waals surface area (Å²) < 4.78 is 4.98. The second-order valence-corrected chi connectivity index (χ2v) is 5.19. The Balaban J connectivity index is 1.92. The van der Waals surface area contributed by atoms with Crippen molar-refractivity contribution in [3.05, 3.63) is 35.4 Å². The molecule has 1 saturated heterocycles. The highest BCUT2D eigenvalue weighted by Gasteiger charge is 2.28. The molecule has 0 N–H and O–H groups in total. The summed E-state index contributed by atoms with van der Waals surface area (Å²) in [5.74, 6) is 0.205. The Kier molecular flexibility index (Phi) is 4.77. The number of carbonyl (C=O) groups is 2. The van der Waals surface area contributed by atoms with Crippen LogP contribution < -0.4 is 0 Å². The first kappa shape index (κ1) is 14.6. The third-order valence-electron chi connectivity index (χ3n) is 3.73. The summed E-state index contributed by atoms with van der Waals surface area (Å²) in [6, 6.07) is 7.69. The number of hydrogen-bond donors (Lipinski definition) is 0. The zero-order valence-electron chi connectivity index (χ0n) is 12.1. The molecule has 0 aliphatic carbocycles. The van der Waals surface area contributed by atoms with Crippen molar-refractivity contribution in [3.8, 4) is 0 Å². The number of hydrogen-bond acceptors (Lipinski definition) is 3. The fourth-order valence-corrected chi connectivity index (χ4v) is 2.49. The summed E-state index contributed by atoms with van der Waals surface area (Å²) in [6.07, 6.45) is 1.16. The van der Waals surface area contributed by atoms with Crippen LogP contribution in [0.1, 0.15) is 35.7 Å². The van der Waals surface area contributed by atoms with Gasteiger partial charge in [0.2, 0.25) is 0 Å². The van der Waals surface area contributed by atoms with E-state index in [2.05, 4.69) is 0 Å². The van der Waals surface area contributed by atoms with Crippen molar-refractivity contribution < 1.29 is 14.3 Å². The number of carbonyl (C=O) groups excluding carboxylic acids is 2. The Morgan fingerprint density at radius 3 is 2.35 bits per heavy atom. The van der Waals surface area contributed by atoms with Crippen LogP contribution in [-0.4, -0.2) is 36.5 Å².